The van der Waals surface area contributed by atoms with Gasteiger partial charge < -0.3 is 5.32 Å². The summed E-state index contributed by atoms with van der Waals surface area (Å²) in [5.74, 6) is 0.987. The van der Waals surface area contributed by atoms with Crippen molar-refractivity contribution < 1.29 is 0 Å². The van der Waals surface area contributed by atoms with E-state index in [2.05, 4.69) is 42.6 Å². The normalized spacial score (nSPS) is 17.9. The minimum atomic E-state index is 0.539. The monoisotopic (exact) mass is 304 g/mol. The number of hydrogen-bond donors (Lipinski definition) is 1. The Morgan fingerprint density at radius 1 is 1.35 bits per heavy atom. The Morgan fingerprint density at radius 3 is 3.00 bits per heavy atom. The third-order valence-corrected chi connectivity index (χ3v) is 5.97. The second kappa shape index (κ2) is 6.74. The van der Waals surface area contributed by atoms with Crippen LogP contribution in [0.15, 0.2) is 35.2 Å². The van der Waals surface area contributed by atoms with Crippen molar-refractivity contribution in [3.63, 3.8) is 0 Å². The molecule has 0 aliphatic heterocycles. The minimum Gasteiger partial charge on any atom is -0.309 e. The highest BCUT2D eigenvalue weighted by molar-refractivity contribution is 7.98. The van der Waals surface area contributed by atoms with E-state index in [0.29, 0.717) is 6.04 Å². The largest absolute Gasteiger partial charge is 0.309 e. The van der Waals surface area contributed by atoms with Crippen LogP contribution in [0.25, 0.3) is 0 Å². The van der Waals surface area contributed by atoms with Crippen LogP contribution >= 0.6 is 23.1 Å². The van der Waals surface area contributed by atoms with Crippen molar-refractivity contribution in [1.29, 1.82) is 0 Å². The van der Waals surface area contributed by atoms with Gasteiger partial charge in [0.15, 0.2) is 0 Å². The van der Waals surface area contributed by atoms with Crippen molar-refractivity contribution in [2.24, 2.45) is 0 Å². The second-order valence-electron chi connectivity index (χ2n) is 5.02. The molecule has 20 heavy (non-hydrogen) atoms. The van der Waals surface area contributed by atoms with Crippen LogP contribution in [-0.2, 0) is 12.2 Å². The van der Waals surface area contributed by atoms with Crippen molar-refractivity contribution in [3.05, 3.63) is 45.9 Å². The zero-order valence-electron chi connectivity index (χ0n) is 11.8. The maximum Gasteiger partial charge on any atom is 0.103 e. The van der Waals surface area contributed by atoms with Crippen LogP contribution in [0.5, 0.6) is 0 Å². The molecule has 1 aliphatic carbocycles. The van der Waals surface area contributed by atoms with Crippen molar-refractivity contribution in [2.75, 3.05) is 6.54 Å². The quantitative estimate of drug-likeness (QED) is 0.828. The molecule has 1 unspecified atom stereocenters. The Bertz CT molecular complexity index is 551. The number of nitrogens with one attached hydrogen (secondary N) is 1. The molecule has 0 fully saturated rings. The first kappa shape index (κ1) is 14.1. The number of aryl methyl sites for hydroxylation is 1. The predicted molar refractivity (Wildman–Crippen MR) is 87.5 cm³/mol. The molecule has 1 aliphatic rings. The first-order valence-corrected chi connectivity index (χ1v) is 9.06. The summed E-state index contributed by atoms with van der Waals surface area (Å²) in [4.78, 5) is 7.67. The molecule has 0 amide bonds. The SMILES string of the molecule is CCNC1CCCc2nc(CSc3ccccc3)sc21. The summed E-state index contributed by atoms with van der Waals surface area (Å²) in [6.07, 6.45) is 3.68. The van der Waals surface area contributed by atoms with Crippen LogP contribution in [0.2, 0.25) is 0 Å². The van der Waals surface area contributed by atoms with Gasteiger partial charge in [0.25, 0.3) is 0 Å². The molecular formula is C16H20N2S2. The maximum absolute atomic E-state index is 4.86. The molecule has 4 heteroatoms. The van der Waals surface area contributed by atoms with E-state index in [0.717, 1.165) is 18.7 Å². The topological polar surface area (TPSA) is 24.9 Å². The molecule has 0 saturated heterocycles. The molecule has 0 bridgehead atoms. The minimum absolute atomic E-state index is 0.539. The summed E-state index contributed by atoms with van der Waals surface area (Å²) >= 11 is 3.79. The molecule has 3 rings (SSSR count). The number of rotatable bonds is 5. The molecule has 1 aromatic carbocycles. The predicted octanol–water partition coefficient (Wildman–Crippen LogP) is 4.42. The molecule has 1 N–H and O–H groups in total. The Balaban J connectivity index is 1.69. The van der Waals surface area contributed by atoms with E-state index in [9.17, 15) is 0 Å². The smallest absolute Gasteiger partial charge is 0.103 e. The highest BCUT2D eigenvalue weighted by atomic mass is 32.2. The Hall–Kier alpha value is -0.840. The summed E-state index contributed by atoms with van der Waals surface area (Å²) in [5, 5.41) is 4.86. The zero-order valence-corrected chi connectivity index (χ0v) is 13.4. The lowest BCUT2D eigenvalue weighted by Gasteiger charge is -2.21. The molecule has 0 spiro atoms. The van der Waals surface area contributed by atoms with E-state index < -0.39 is 0 Å². The number of aromatic nitrogens is 1. The standard InChI is InChI=1S/C16H20N2S2/c1-2-17-13-9-6-10-14-16(13)20-15(18-14)11-19-12-7-4-3-5-8-12/h3-5,7-8,13,17H,2,6,9-11H2,1H3. The fourth-order valence-electron chi connectivity index (χ4n) is 2.64. The van der Waals surface area contributed by atoms with Gasteiger partial charge in [-0.1, -0.05) is 25.1 Å². The average Bonchev–Trinajstić information content (AvgIpc) is 2.91. The van der Waals surface area contributed by atoms with Gasteiger partial charge in [-0.25, -0.2) is 4.98 Å². The van der Waals surface area contributed by atoms with Crippen molar-refractivity contribution in [1.82, 2.24) is 10.3 Å². The highest BCUT2D eigenvalue weighted by Gasteiger charge is 2.23. The van der Waals surface area contributed by atoms with Gasteiger partial charge in [0.1, 0.15) is 5.01 Å². The van der Waals surface area contributed by atoms with Crippen LogP contribution in [0.4, 0.5) is 0 Å². The first-order valence-electron chi connectivity index (χ1n) is 7.26. The van der Waals surface area contributed by atoms with Crippen LogP contribution in [0, 0.1) is 0 Å². The molecular weight excluding hydrogens is 284 g/mol. The average molecular weight is 304 g/mol. The van der Waals surface area contributed by atoms with Gasteiger partial charge >= 0.3 is 0 Å². The molecule has 1 aromatic heterocycles. The fourth-order valence-corrected chi connectivity index (χ4v) is 4.77. The van der Waals surface area contributed by atoms with Crippen molar-refractivity contribution >= 4 is 23.1 Å². The van der Waals surface area contributed by atoms with E-state index in [1.54, 1.807) is 0 Å². The Labute approximate surface area is 129 Å². The van der Waals surface area contributed by atoms with Gasteiger partial charge in [-0.05, 0) is 37.9 Å². The molecule has 2 nitrogen and oxygen atoms in total. The van der Waals surface area contributed by atoms with Gasteiger partial charge in [0, 0.05) is 15.8 Å². The fraction of sp³-hybridized carbons (Fsp3) is 0.438. The number of thioether (sulfide) groups is 1. The van der Waals surface area contributed by atoms with Gasteiger partial charge in [-0.3, -0.25) is 0 Å². The molecule has 1 atom stereocenters. The number of hydrogen-bond acceptors (Lipinski definition) is 4. The lowest BCUT2D eigenvalue weighted by molar-refractivity contribution is 0.476. The molecule has 0 saturated carbocycles. The second-order valence-corrected chi connectivity index (χ2v) is 7.19. The third-order valence-electron chi connectivity index (χ3n) is 3.55. The number of nitrogens with zero attached hydrogens (tertiary/aromatic N) is 1. The van der Waals surface area contributed by atoms with E-state index in [1.807, 2.05) is 23.1 Å². The maximum atomic E-state index is 4.86. The Kier molecular flexibility index (Phi) is 4.76. The summed E-state index contributed by atoms with van der Waals surface area (Å²) < 4.78 is 0. The third kappa shape index (κ3) is 3.25. The van der Waals surface area contributed by atoms with E-state index in [-0.39, 0.29) is 0 Å². The Morgan fingerprint density at radius 2 is 2.20 bits per heavy atom. The lowest BCUT2D eigenvalue weighted by Crippen LogP contribution is -2.23. The summed E-state index contributed by atoms with van der Waals surface area (Å²) in [5.41, 5.74) is 1.34. The lowest BCUT2D eigenvalue weighted by atomic mass is 9.98. The van der Waals surface area contributed by atoms with Gasteiger partial charge in [0.2, 0.25) is 0 Å². The van der Waals surface area contributed by atoms with Crippen molar-refractivity contribution in [3.8, 4) is 0 Å². The van der Waals surface area contributed by atoms with E-state index in [4.69, 9.17) is 4.98 Å². The molecule has 106 valence electrons. The number of benzene rings is 1. The van der Waals surface area contributed by atoms with Gasteiger partial charge in [0.05, 0.1) is 11.4 Å². The van der Waals surface area contributed by atoms with Crippen LogP contribution < -0.4 is 5.32 Å². The number of fused-ring (bicyclic) bond motifs is 1. The van der Waals surface area contributed by atoms with Gasteiger partial charge in [-0.15, -0.1) is 23.1 Å². The van der Waals surface area contributed by atoms with E-state index in [1.165, 1.54) is 33.3 Å². The number of thiazole rings is 1. The summed E-state index contributed by atoms with van der Waals surface area (Å²) in [6.45, 7) is 3.22. The van der Waals surface area contributed by atoms with Crippen LogP contribution in [-0.4, -0.2) is 11.5 Å². The van der Waals surface area contributed by atoms with Gasteiger partial charge in [-0.2, -0.15) is 0 Å². The highest BCUT2D eigenvalue weighted by Crippen LogP contribution is 2.36. The molecule has 2 aromatic rings. The van der Waals surface area contributed by atoms with Crippen molar-refractivity contribution in [2.45, 2.75) is 42.9 Å². The van der Waals surface area contributed by atoms with E-state index >= 15 is 0 Å². The molecule has 0 radical (unpaired) electrons. The zero-order chi connectivity index (χ0) is 13.8. The van der Waals surface area contributed by atoms with Crippen LogP contribution in [0.3, 0.4) is 0 Å². The summed E-state index contributed by atoms with van der Waals surface area (Å²) in [7, 11) is 0. The van der Waals surface area contributed by atoms with Crippen LogP contribution in [0.1, 0.15) is 41.4 Å². The molecule has 1 heterocycles. The first-order chi connectivity index (χ1) is 9.86. The summed E-state index contributed by atoms with van der Waals surface area (Å²) in [6, 6.07) is 11.1.